The van der Waals surface area contributed by atoms with E-state index in [0.29, 0.717) is 17.7 Å². The lowest BCUT2D eigenvalue weighted by Gasteiger charge is -2.14. The lowest BCUT2D eigenvalue weighted by atomic mass is 10.1. The second-order valence-corrected chi connectivity index (χ2v) is 6.39. The molecule has 1 aromatic carbocycles. The number of hydrogen-bond donors (Lipinski definition) is 3. The van der Waals surface area contributed by atoms with Crippen molar-refractivity contribution in [3.05, 3.63) is 29.8 Å². The molecule has 132 valence electrons. The summed E-state index contributed by atoms with van der Waals surface area (Å²) < 4.78 is 0. The number of carbonyl (C=O) groups excluding carboxylic acids is 2. The minimum atomic E-state index is -0.179. The van der Waals surface area contributed by atoms with Crippen molar-refractivity contribution in [3.8, 4) is 0 Å². The topological polar surface area (TPSA) is 70.2 Å². The number of para-hydroxylation sites is 1. The molecule has 0 unspecified atom stereocenters. The van der Waals surface area contributed by atoms with Crippen molar-refractivity contribution in [2.45, 2.75) is 58.9 Å². The smallest absolute Gasteiger partial charge is 0.253 e. The maximum Gasteiger partial charge on any atom is 0.253 e. The van der Waals surface area contributed by atoms with Gasteiger partial charge in [-0.1, -0.05) is 38.3 Å². The Kier molecular flexibility index (Phi) is 9.01. The van der Waals surface area contributed by atoms with Crippen LogP contribution >= 0.6 is 12.2 Å². The Morgan fingerprint density at radius 2 is 1.83 bits per heavy atom. The first-order chi connectivity index (χ1) is 11.4. The monoisotopic (exact) mass is 349 g/mol. The van der Waals surface area contributed by atoms with Gasteiger partial charge in [0.1, 0.15) is 0 Å². The molecule has 0 bridgehead atoms. The Morgan fingerprint density at radius 1 is 1.12 bits per heavy atom. The summed E-state index contributed by atoms with van der Waals surface area (Å²) in [5.74, 6) is -0.283. The Balaban J connectivity index is 2.58. The summed E-state index contributed by atoms with van der Waals surface area (Å²) in [5, 5.41) is 8.65. The van der Waals surface area contributed by atoms with E-state index < -0.39 is 0 Å². The van der Waals surface area contributed by atoms with Crippen LogP contribution in [0.2, 0.25) is 0 Å². The van der Waals surface area contributed by atoms with Gasteiger partial charge in [0.25, 0.3) is 5.91 Å². The molecule has 0 aromatic heterocycles. The summed E-state index contributed by atoms with van der Waals surface area (Å²) in [5.41, 5.74) is 1.07. The summed E-state index contributed by atoms with van der Waals surface area (Å²) in [6.45, 7) is 5.93. The highest BCUT2D eigenvalue weighted by atomic mass is 32.1. The molecule has 2 amide bonds. The SMILES string of the molecule is CCCCCCC(=O)NC(=S)Nc1ccccc1C(=O)NC(C)C. The molecule has 0 aliphatic heterocycles. The van der Waals surface area contributed by atoms with E-state index in [9.17, 15) is 9.59 Å². The van der Waals surface area contributed by atoms with E-state index in [-0.39, 0.29) is 23.0 Å². The molecule has 0 radical (unpaired) electrons. The van der Waals surface area contributed by atoms with Crippen molar-refractivity contribution < 1.29 is 9.59 Å². The van der Waals surface area contributed by atoms with Gasteiger partial charge in [0.05, 0.1) is 11.3 Å². The van der Waals surface area contributed by atoms with Crippen molar-refractivity contribution in [3.63, 3.8) is 0 Å². The molecule has 0 fully saturated rings. The lowest BCUT2D eigenvalue weighted by Crippen LogP contribution is -2.35. The first-order valence-electron chi connectivity index (χ1n) is 8.44. The molecule has 3 N–H and O–H groups in total. The van der Waals surface area contributed by atoms with Crippen molar-refractivity contribution in [2.75, 3.05) is 5.32 Å². The molecule has 0 spiro atoms. The summed E-state index contributed by atoms with van der Waals surface area (Å²) in [4.78, 5) is 24.1. The number of hydrogen-bond acceptors (Lipinski definition) is 3. The van der Waals surface area contributed by atoms with Gasteiger partial charge < -0.3 is 16.0 Å². The molecule has 0 aliphatic carbocycles. The molecule has 24 heavy (non-hydrogen) atoms. The van der Waals surface area contributed by atoms with E-state index in [0.717, 1.165) is 25.7 Å². The second kappa shape index (κ2) is 10.8. The average Bonchev–Trinajstić information content (AvgIpc) is 2.51. The van der Waals surface area contributed by atoms with Crippen LogP contribution < -0.4 is 16.0 Å². The maximum atomic E-state index is 12.2. The maximum absolute atomic E-state index is 12.2. The third kappa shape index (κ3) is 7.55. The molecule has 0 saturated heterocycles. The fourth-order valence-electron chi connectivity index (χ4n) is 2.19. The zero-order valence-corrected chi connectivity index (χ0v) is 15.5. The number of thiocarbonyl (C=S) groups is 1. The highest BCUT2D eigenvalue weighted by Gasteiger charge is 2.13. The molecule has 0 aliphatic rings. The third-order valence-corrected chi connectivity index (χ3v) is 3.55. The predicted molar refractivity (Wildman–Crippen MR) is 102 cm³/mol. The highest BCUT2D eigenvalue weighted by molar-refractivity contribution is 7.80. The van der Waals surface area contributed by atoms with Gasteiger partial charge in [-0.15, -0.1) is 0 Å². The molecule has 0 heterocycles. The molecule has 0 saturated carbocycles. The third-order valence-electron chi connectivity index (χ3n) is 3.35. The second-order valence-electron chi connectivity index (χ2n) is 5.99. The number of amides is 2. The van der Waals surface area contributed by atoms with Crippen LogP contribution in [0, 0.1) is 0 Å². The highest BCUT2D eigenvalue weighted by Crippen LogP contribution is 2.15. The number of nitrogens with one attached hydrogen (secondary N) is 3. The Morgan fingerprint density at radius 3 is 2.50 bits per heavy atom. The molecule has 0 atom stereocenters. The van der Waals surface area contributed by atoms with Gasteiger partial charge in [0, 0.05) is 12.5 Å². The van der Waals surface area contributed by atoms with Crippen LogP contribution in [-0.4, -0.2) is 23.0 Å². The Labute approximate surface area is 149 Å². The van der Waals surface area contributed by atoms with Gasteiger partial charge in [-0.3, -0.25) is 9.59 Å². The standard InChI is InChI=1S/C18H27N3O2S/c1-4-5-6-7-12-16(22)21-18(24)20-15-11-9-8-10-14(15)17(23)19-13(2)3/h8-11,13H,4-7,12H2,1-3H3,(H,19,23)(H2,20,21,22,24). The number of unbranched alkanes of at least 4 members (excludes halogenated alkanes) is 3. The van der Waals surface area contributed by atoms with Crippen LogP contribution in [0.5, 0.6) is 0 Å². The van der Waals surface area contributed by atoms with Crippen LogP contribution in [0.15, 0.2) is 24.3 Å². The van der Waals surface area contributed by atoms with Gasteiger partial charge in [-0.2, -0.15) is 0 Å². The van der Waals surface area contributed by atoms with Crippen LogP contribution in [-0.2, 0) is 4.79 Å². The normalized spacial score (nSPS) is 10.3. The number of carbonyl (C=O) groups is 2. The van der Waals surface area contributed by atoms with Gasteiger partial charge in [0.15, 0.2) is 5.11 Å². The van der Waals surface area contributed by atoms with Crippen molar-refractivity contribution in [1.82, 2.24) is 10.6 Å². The van der Waals surface area contributed by atoms with Gasteiger partial charge in [-0.25, -0.2) is 0 Å². The van der Waals surface area contributed by atoms with E-state index in [1.165, 1.54) is 0 Å². The lowest BCUT2D eigenvalue weighted by molar-refractivity contribution is -0.119. The minimum Gasteiger partial charge on any atom is -0.350 e. The van der Waals surface area contributed by atoms with E-state index >= 15 is 0 Å². The van der Waals surface area contributed by atoms with Crippen molar-refractivity contribution >= 4 is 34.8 Å². The molecule has 1 rings (SSSR count). The molecule has 1 aromatic rings. The fourth-order valence-corrected chi connectivity index (χ4v) is 2.41. The summed E-state index contributed by atoms with van der Waals surface area (Å²) in [6, 6.07) is 7.12. The zero-order chi connectivity index (χ0) is 17.9. The molecular formula is C18H27N3O2S. The number of benzene rings is 1. The van der Waals surface area contributed by atoms with Crippen molar-refractivity contribution in [1.29, 1.82) is 0 Å². The van der Waals surface area contributed by atoms with Crippen LogP contribution in [0.3, 0.4) is 0 Å². The summed E-state index contributed by atoms with van der Waals surface area (Å²) in [6.07, 6.45) is 4.63. The van der Waals surface area contributed by atoms with Crippen LogP contribution in [0.4, 0.5) is 5.69 Å². The Hall–Kier alpha value is -1.95. The van der Waals surface area contributed by atoms with Gasteiger partial charge in [-0.05, 0) is 44.6 Å². The average molecular weight is 350 g/mol. The number of rotatable bonds is 8. The largest absolute Gasteiger partial charge is 0.350 e. The zero-order valence-electron chi connectivity index (χ0n) is 14.6. The van der Waals surface area contributed by atoms with E-state index in [1.807, 2.05) is 19.9 Å². The van der Waals surface area contributed by atoms with Crippen LogP contribution in [0.1, 0.15) is 63.2 Å². The van der Waals surface area contributed by atoms with Gasteiger partial charge >= 0.3 is 0 Å². The van der Waals surface area contributed by atoms with Crippen molar-refractivity contribution in [2.24, 2.45) is 0 Å². The van der Waals surface area contributed by atoms with E-state index in [1.54, 1.807) is 18.2 Å². The minimum absolute atomic E-state index is 0.0420. The van der Waals surface area contributed by atoms with Crippen LogP contribution in [0.25, 0.3) is 0 Å². The molecule has 6 heteroatoms. The summed E-state index contributed by atoms with van der Waals surface area (Å²) in [7, 11) is 0. The quantitative estimate of drug-likeness (QED) is 0.495. The Bertz CT molecular complexity index is 573. The molecule has 5 nitrogen and oxygen atoms in total. The first kappa shape index (κ1) is 20.1. The first-order valence-corrected chi connectivity index (χ1v) is 8.85. The number of anilines is 1. The van der Waals surface area contributed by atoms with E-state index in [4.69, 9.17) is 12.2 Å². The van der Waals surface area contributed by atoms with E-state index in [2.05, 4.69) is 22.9 Å². The molecular weight excluding hydrogens is 322 g/mol. The van der Waals surface area contributed by atoms with Gasteiger partial charge in [0.2, 0.25) is 5.91 Å². The summed E-state index contributed by atoms with van der Waals surface area (Å²) >= 11 is 5.17. The fraction of sp³-hybridized carbons (Fsp3) is 0.500. The predicted octanol–water partition coefficient (Wildman–Crippen LogP) is 3.61.